The highest BCUT2D eigenvalue weighted by atomic mass is 16.5. The first-order valence-corrected chi connectivity index (χ1v) is 6.96. The molecule has 0 aromatic rings. The molecule has 0 bridgehead atoms. The zero-order valence-corrected chi connectivity index (χ0v) is 11.7. The summed E-state index contributed by atoms with van der Waals surface area (Å²) >= 11 is 0. The minimum Gasteiger partial charge on any atom is -0.385 e. The number of rotatable bonds is 9. The lowest BCUT2D eigenvalue weighted by atomic mass is 10.3. The molecule has 1 atom stereocenters. The summed E-state index contributed by atoms with van der Waals surface area (Å²) in [4.78, 5) is 14.1. The average Bonchev–Trinajstić information content (AvgIpc) is 2.87. The second-order valence-corrected chi connectivity index (χ2v) is 4.86. The Morgan fingerprint density at radius 3 is 2.72 bits per heavy atom. The van der Waals surface area contributed by atoms with Crippen molar-refractivity contribution in [2.24, 2.45) is 0 Å². The molecule has 0 radical (unpaired) electrons. The van der Waals surface area contributed by atoms with Crippen LogP contribution in [-0.2, 0) is 9.53 Å². The molecule has 5 nitrogen and oxygen atoms in total. The van der Waals surface area contributed by atoms with Gasteiger partial charge < -0.3 is 20.3 Å². The molecule has 1 aliphatic heterocycles. The molecule has 1 unspecified atom stereocenters. The molecule has 106 valence electrons. The number of likely N-dealkylation sites (tertiary alicyclic amines) is 1. The standard InChI is InChI=1S/C13H27N3O2/c1-12(13(17)15-6-5-11-18-2)14-7-10-16-8-3-4-9-16/h12,14H,3-11H2,1-2H3,(H,15,17). The normalized spacial score (nSPS) is 17.9. The van der Waals surface area contributed by atoms with E-state index in [1.165, 1.54) is 25.9 Å². The summed E-state index contributed by atoms with van der Waals surface area (Å²) < 4.78 is 4.93. The smallest absolute Gasteiger partial charge is 0.236 e. The van der Waals surface area contributed by atoms with Crippen LogP contribution < -0.4 is 10.6 Å². The average molecular weight is 257 g/mol. The third-order valence-corrected chi connectivity index (χ3v) is 3.29. The van der Waals surface area contributed by atoms with Crippen LogP contribution in [0.25, 0.3) is 0 Å². The molecule has 0 spiro atoms. The van der Waals surface area contributed by atoms with Crippen LogP contribution in [0.3, 0.4) is 0 Å². The van der Waals surface area contributed by atoms with Gasteiger partial charge in [0.25, 0.3) is 0 Å². The van der Waals surface area contributed by atoms with Crippen molar-refractivity contribution in [3.8, 4) is 0 Å². The second kappa shape index (κ2) is 9.30. The van der Waals surface area contributed by atoms with Gasteiger partial charge in [0.15, 0.2) is 0 Å². The van der Waals surface area contributed by atoms with Crippen molar-refractivity contribution < 1.29 is 9.53 Å². The van der Waals surface area contributed by atoms with E-state index >= 15 is 0 Å². The van der Waals surface area contributed by atoms with E-state index in [0.29, 0.717) is 13.2 Å². The molecule has 1 saturated heterocycles. The summed E-state index contributed by atoms with van der Waals surface area (Å²) in [6.45, 7) is 7.63. The first-order valence-electron chi connectivity index (χ1n) is 6.96. The van der Waals surface area contributed by atoms with Crippen LogP contribution >= 0.6 is 0 Å². The summed E-state index contributed by atoms with van der Waals surface area (Å²) in [7, 11) is 1.67. The van der Waals surface area contributed by atoms with E-state index in [1.54, 1.807) is 7.11 Å². The molecule has 1 amide bonds. The Balaban J connectivity index is 2.00. The number of amides is 1. The SMILES string of the molecule is COCCCNC(=O)C(C)NCCN1CCCC1. The van der Waals surface area contributed by atoms with Gasteiger partial charge >= 0.3 is 0 Å². The third kappa shape index (κ3) is 6.33. The molecule has 18 heavy (non-hydrogen) atoms. The van der Waals surface area contributed by atoms with E-state index < -0.39 is 0 Å². The van der Waals surface area contributed by atoms with Gasteiger partial charge in [0, 0.05) is 33.4 Å². The Morgan fingerprint density at radius 2 is 2.06 bits per heavy atom. The molecule has 0 saturated carbocycles. The van der Waals surface area contributed by atoms with E-state index in [-0.39, 0.29) is 11.9 Å². The van der Waals surface area contributed by atoms with Crippen molar-refractivity contribution in [2.45, 2.75) is 32.2 Å². The quantitative estimate of drug-likeness (QED) is 0.580. The maximum atomic E-state index is 11.7. The summed E-state index contributed by atoms with van der Waals surface area (Å²) in [6.07, 6.45) is 3.49. The first-order chi connectivity index (χ1) is 8.74. The topological polar surface area (TPSA) is 53.6 Å². The van der Waals surface area contributed by atoms with Crippen molar-refractivity contribution in [1.29, 1.82) is 0 Å². The van der Waals surface area contributed by atoms with Crippen LogP contribution in [0.4, 0.5) is 0 Å². The molecular formula is C13H27N3O2. The molecule has 2 N–H and O–H groups in total. The third-order valence-electron chi connectivity index (χ3n) is 3.29. The molecule has 1 rings (SSSR count). The van der Waals surface area contributed by atoms with Gasteiger partial charge in [-0.1, -0.05) is 0 Å². The number of ether oxygens (including phenoxy) is 1. The van der Waals surface area contributed by atoms with Gasteiger partial charge in [-0.3, -0.25) is 4.79 Å². The predicted molar refractivity (Wildman–Crippen MR) is 72.6 cm³/mol. The lowest BCUT2D eigenvalue weighted by Crippen LogP contribution is -2.44. The molecule has 0 aromatic carbocycles. The van der Waals surface area contributed by atoms with Crippen molar-refractivity contribution in [3.05, 3.63) is 0 Å². The fourth-order valence-electron chi connectivity index (χ4n) is 2.12. The fraction of sp³-hybridized carbons (Fsp3) is 0.923. The minimum absolute atomic E-state index is 0.0764. The minimum atomic E-state index is -0.116. The van der Waals surface area contributed by atoms with Gasteiger partial charge in [-0.05, 0) is 39.3 Å². The largest absolute Gasteiger partial charge is 0.385 e. The number of nitrogens with zero attached hydrogens (tertiary/aromatic N) is 1. The summed E-state index contributed by atoms with van der Waals surface area (Å²) in [5.41, 5.74) is 0. The Bertz CT molecular complexity index is 230. The van der Waals surface area contributed by atoms with Crippen molar-refractivity contribution >= 4 is 5.91 Å². The fourth-order valence-corrected chi connectivity index (χ4v) is 2.12. The number of methoxy groups -OCH3 is 1. The zero-order chi connectivity index (χ0) is 13.2. The maximum Gasteiger partial charge on any atom is 0.236 e. The van der Waals surface area contributed by atoms with E-state index in [2.05, 4.69) is 15.5 Å². The maximum absolute atomic E-state index is 11.7. The Kier molecular flexibility index (Phi) is 7.96. The number of hydrogen-bond acceptors (Lipinski definition) is 4. The molecule has 1 fully saturated rings. The first kappa shape index (κ1) is 15.4. The van der Waals surface area contributed by atoms with Crippen LogP contribution in [-0.4, -0.2) is 63.3 Å². The van der Waals surface area contributed by atoms with Gasteiger partial charge in [-0.2, -0.15) is 0 Å². The molecule has 0 aliphatic carbocycles. The highest BCUT2D eigenvalue weighted by Gasteiger charge is 2.13. The van der Waals surface area contributed by atoms with Gasteiger partial charge in [-0.25, -0.2) is 0 Å². The van der Waals surface area contributed by atoms with Gasteiger partial charge in [0.2, 0.25) is 5.91 Å². The van der Waals surface area contributed by atoms with E-state index in [4.69, 9.17) is 4.74 Å². The van der Waals surface area contributed by atoms with E-state index in [9.17, 15) is 4.79 Å². The lowest BCUT2D eigenvalue weighted by molar-refractivity contribution is -0.122. The molecule has 1 aliphatic rings. The highest BCUT2D eigenvalue weighted by molar-refractivity contribution is 5.81. The van der Waals surface area contributed by atoms with Crippen LogP contribution in [0.15, 0.2) is 0 Å². The Hall–Kier alpha value is -0.650. The van der Waals surface area contributed by atoms with Crippen LogP contribution in [0.5, 0.6) is 0 Å². The van der Waals surface area contributed by atoms with Crippen LogP contribution in [0.1, 0.15) is 26.2 Å². The molecule has 5 heteroatoms. The van der Waals surface area contributed by atoms with Gasteiger partial charge in [-0.15, -0.1) is 0 Å². The van der Waals surface area contributed by atoms with E-state index in [0.717, 1.165) is 19.5 Å². The Labute approximate surface area is 110 Å². The predicted octanol–water partition coefficient (Wildman–Crippen LogP) is 0.213. The van der Waals surface area contributed by atoms with Gasteiger partial charge in [0.05, 0.1) is 6.04 Å². The van der Waals surface area contributed by atoms with Crippen molar-refractivity contribution in [3.63, 3.8) is 0 Å². The molecule has 1 heterocycles. The summed E-state index contributed by atoms with van der Waals surface area (Å²) in [5, 5.41) is 6.17. The second-order valence-electron chi connectivity index (χ2n) is 4.86. The molecule has 0 aromatic heterocycles. The van der Waals surface area contributed by atoms with Crippen LogP contribution in [0, 0.1) is 0 Å². The summed E-state index contributed by atoms with van der Waals surface area (Å²) in [5.74, 6) is 0.0764. The van der Waals surface area contributed by atoms with Gasteiger partial charge in [0.1, 0.15) is 0 Å². The zero-order valence-electron chi connectivity index (χ0n) is 11.7. The van der Waals surface area contributed by atoms with Crippen molar-refractivity contribution in [2.75, 3.05) is 46.4 Å². The van der Waals surface area contributed by atoms with Crippen LogP contribution in [0.2, 0.25) is 0 Å². The van der Waals surface area contributed by atoms with E-state index in [1.807, 2.05) is 6.92 Å². The highest BCUT2D eigenvalue weighted by Crippen LogP contribution is 2.05. The number of carbonyl (C=O) groups is 1. The molecular weight excluding hydrogens is 230 g/mol. The number of nitrogens with one attached hydrogen (secondary N) is 2. The summed E-state index contributed by atoms with van der Waals surface area (Å²) in [6, 6.07) is -0.116. The number of carbonyl (C=O) groups excluding carboxylic acids is 1. The lowest BCUT2D eigenvalue weighted by Gasteiger charge is -2.18. The monoisotopic (exact) mass is 257 g/mol. The Morgan fingerprint density at radius 1 is 1.33 bits per heavy atom. The van der Waals surface area contributed by atoms with Crippen molar-refractivity contribution in [1.82, 2.24) is 15.5 Å². The number of hydrogen-bond donors (Lipinski definition) is 2.